The molecule has 1 unspecified atom stereocenters. The van der Waals surface area contributed by atoms with Gasteiger partial charge in [-0.3, -0.25) is 4.79 Å². The van der Waals surface area contributed by atoms with Crippen LogP contribution in [-0.2, 0) is 4.79 Å². The van der Waals surface area contributed by atoms with Gasteiger partial charge in [-0.1, -0.05) is 11.6 Å². The second-order valence-electron chi connectivity index (χ2n) is 3.52. The number of carbonyl (C=O) groups excluding carboxylic acids is 1. The fourth-order valence-corrected chi connectivity index (χ4v) is 1.13. The van der Waals surface area contributed by atoms with E-state index < -0.39 is 18.0 Å². The van der Waals surface area contributed by atoms with Gasteiger partial charge in [0.05, 0.1) is 0 Å². The predicted molar refractivity (Wildman–Crippen MR) is 60.5 cm³/mol. The highest BCUT2D eigenvalue weighted by Crippen LogP contribution is 2.05. The lowest BCUT2D eigenvalue weighted by atomic mass is 10.2. The largest absolute Gasteiger partial charge is 0.367 e. The van der Waals surface area contributed by atoms with Gasteiger partial charge >= 0.3 is 0 Å². The van der Waals surface area contributed by atoms with Gasteiger partial charge in [-0.2, -0.15) is 4.39 Å². The molecule has 1 aromatic heterocycles. The summed E-state index contributed by atoms with van der Waals surface area (Å²) in [5, 5.41) is 2.79. The zero-order chi connectivity index (χ0) is 12.8. The van der Waals surface area contributed by atoms with Gasteiger partial charge in [0.25, 0.3) is 5.91 Å². The molecule has 0 aliphatic carbocycles. The molecule has 0 saturated carbocycles. The zero-order valence-electron chi connectivity index (χ0n) is 9.28. The van der Waals surface area contributed by atoms with Crippen LogP contribution in [0.1, 0.15) is 6.92 Å². The Kier molecular flexibility index (Phi) is 4.56. The Morgan fingerprint density at radius 2 is 2.35 bits per heavy atom. The molecule has 0 radical (unpaired) electrons. The maximum Gasteiger partial charge on any atom is 0.256 e. The van der Waals surface area contributed by atoms with E-state index in [1.807, 2.05) is 0 Å². The lowest BCUT2D eigenvalue weighted by Gasteiger charge is -2.06. The van der Waals surface area contributed by atoms with Gasteiger partial charge in [-0.05, 0) is 25.1 Å². The van der Waals surface area contributed by atoms with Crippen molar-refractivity contribution in [3.63, 3.8) is 0 Å². The van der Waals surface area contributed by atoms with Crippen LogP contribution in [0.3, 0.4) is 0 Å². The van der Waals surface area contributed by atoms with Gasteiger partial charge in [-0.15, -0.1) is 0 Å². The third kappa shape index (κ3) is 4.58. The van der Waals surface area contributed by atoms with Crippen LogP contribution >= 0.6 is 0 Å². The number of nitrogens with one attached hydrogen (secondary N) is 1. The van der Waals surface area contributed by atoms with E-state index in [0.717, 1.165) is 6.08 Å². The summed E-state index contributed by atoms with van der Waals surface area (Å²) in [7, 11) is 0. The van der Waals surface area contributed by atoms with Crippen LogP contribution < -0.4 is 11.1 Å². The summed E-state index contributed by atoms with van der Waals surface area (Å²) in [4.78, 5) is 14.0. The summed E-state index contributed by atoms with van der Waals surface area (Å²) < 4.78 is 25.6. The number of halogens is 2. The minimum absolute atomic E-state index is 0.254. The van der Waals surface area contributed by atoms with E-state index in [-0.39, 0.29) is 6.54 Å². The van der Waals surface area contributed by atoms with Crippen LogP contribution in [0.15, 0.2) is 29.8 Å². The first-order valence-electron chi connectivity index (χ1n) is 4.96. The molecule has 0 fully saturated rings. The molecule has 92 valence electrons. The first-order valence-corrected chi connectivity index (χ1v) is 4.96. The number of nitrogens with two attached hydrogens (primary N) is 1. The molecule has 0 saturated heterocycles. The predicted octanol–water partition coefficient (Wildman–Crippen LogP) is 1.40. The van der Waals surface area contributed by atoms with E-state index >= 15 is 0 Å². The van der Waals surface area contributed by atoms with E-state index in [4.69, 9.17) is 5.73 Å². The molecule has 0 spiro atoms. The fraction of sp³-hybridized carbons (Fsp3) is 0.273. The number of aromatic nitrogens is 1. The molecule has 0 aliphatic heterocycles. The first kappa shape index (κ1) is 13.1. The topological polar surface area (TPSA) is 68.0 Å². The van der Waals surface area contributed by atoms with Gasteiger partial charge in [0.2, 0.25) is 5.95 Å². The van der Waals surface area contributed by atoms with Crippen molar-refractivity contribution in [2.24, 2.45) is 5.73 Å². The third-order valence-electron chi connectivity index (χ3n) is 1.97. The highest BCUT2D eigenvalue weighted by Gasteiger charge is 2.09. The average molecular weight is 241 g/mol. The standard InChI is InChI=1S/C11H13F2N3O/c1-7(5-8(12)11(14)17)6-15-10-4-2-3-9(13)16-10/h2-5,8H,6H2,1H3,(H2,14,17)(H,15,16)/b7-5+. The SMILES string of the molecule is C/C(=C\C(F)C(N)=O)CNc1cccc(F)n1. The Bertz CT molecular complexity index is 434. The van der Waals surface area contributed by atoms with E-state index in [0.29, 0.717) is 11.4 Å². The lowest BCUT2D eigenvalue weighted by molar-refractivity contribution is -0.121. The van der Waals surface area contributed by atoms with Crippen LogP contribution in [0.4, 0.5) is 14.6 Å². The number of rotatable bonds is 5. The smallest absolute Gasteiger partial charge is 0.256 e. The molecule has 1 rings (SSSR count). The molecule has 0 aliphatic rings. The second kappa shape index (κ2) is 5.93. The number of hydrogen-bond acceptors (Lipinski definition) is 3. The van der Waals surface area contributed by atoms with Crippen molar-refractivity contribution in [1.29, 1.82) is 0 Å². The average Bonchev–Trinajstić information content (AvgIpc) is 2.26. The Labute approximate surface area is 97.5 Å². The Morgan fingerprint density at radius 1 is 1.65 bits per heavy atom. The third-order valence-corrected chi connectivity index (χ3v) is 1.97. The van der Waals surface area contributed by atoms with Gasteiger partial charge in [0.1, 0.15) is 5.82 Å². The van der Waals surface area contributed by atoms with Gasteiger partial charge in [-0.25, -0.2) is 9.37 Å². The number of amides is 1. The molecule has 1 atom stereocenters. The van der Waals surface area contributed by atoms with E-state index in [1.54, 1.807) is 13.0 Å². The van der Waals surface area contributed by atoms with Crippen molar-refractivity contribution >= 4 is 11.7 Å². The normalized spacial score (nSPS) is 13.2. The number of anilines is 1. The molecule has 1 heterocycles. The number of hydrogen-bond donors (Lipinski definition) is 2. The molecule has 0 bridgehead atoms. The summed E-state index contributed by atoms with van der Waals surface area (Å²) in [5.41, 5.74) is 5.34. The molecule has 0 aromatic carbocycles. The van der Waals surface area contributed by atoms with Crippen molar-refractivity contribution in [3.05, 3.63) is 35.8 Å². The van der Waals surface area contributed by atoms with Crippen LogP contribution in [-0.4, -0.2) is 23.6 Å². The number of carbonyl (C=O) groups is 1. The Hall–Kier alpha value is -1.98. The number of pyridine rings is 1. The monoisotopic (exact) mass is 241 g/mol. The number of alkyl halides is 1. The summed E-state index contributed by atoms with van der Waals surface area (Å²) >= 11 is 0. The highest BCUT2D eigenvalue weighted by molar-refractivity contribution is 5.80. The zero-order valence-corrected chi connectivity index (χ0v) is 9.28. The van der Waals surface area contributed by atoms with Crippen LogP contribution in [0.25, 0.3) is 0 Å². The van der Waals surface area contributed by atoms with Crippen LogP contribution in [0.5, 0.6) is 0 Å². The Morgan fingerprint density at radius 3 is 2.94 bits per heavy atom. The molecular weight excluding hydrogens is 228 g/mol. The molecule has 3 N–H and O–H groups in total. The molecule has 6 heteroatoms. The first-order chi connectivity index (χ1) is 7.99. The summed E-state index contributed by atoms with van der Waals surface area (Å²) in [6.45, 7) is 1.88. The van der Waals surface area contributed by atoms with Crippen molar-refractivity contribution < 1.29 is 13.6 Å². The molecule has 1 aromatic rings. The molecule has 1 amide bonds. The summed E-state index contributed by atoms with van der Waals surface area (Å²) in [6, 6.07) is 4.31. The van der Waals surface area contributed by atoms with E-state index in [9.17, 15) is 13.6 Å². The highest BCUT2D eigenvalue weighted by atomic mass is 19.1. The van der Waals surface area contributed by atoms with Crippen molar-refractivity contribution in [2.45, 2.75) is 13.1 Å². The quantitative estimate of drug-likeness (QED) is 0.605. The molecular formula is C11H13F2N3O. The second-order valence-corrected chi connectivity index (χ2v) is 3.52. The van der Waals surface area contributed by atoms with Crippen molar-refractivity contribution in [3.8, 4) is 0 Å². The molecule has 4 nitrogen and oxygen atoms in total. The van der Waals surface area contributed by atoms with Crippen molar-refractivity contribution in [2.75, 3.05) is 11.9 Å². The summed E-state index contributed by atoms with van der Waals surface area (Å²) in [6.07, 6.45) is -0.702. The maximum absolute atomic E-state index is 12.9. The maximum atomic E-state index is 12.9. The fourth-order valence-electron chi connectivity index (χ4n) is 1.13. The minimum Gasteiger partial charge on any atom is -0.367 e. The molecule has 17 heavy (non-hydrogen) atoms. The minimum atomic E-state index is -1.81. The summed E-state index contributed by atoms with van der Waals surface area (Å²) in [5.74, 6) is -1.29. The lowest BCUT2D eigenvalue weighted by Crippen LogP contribution is -2.23. The van der Waals surface area contributed by atoms with E-state index in [1.165, 1.54) is 12.1 Å². The van der Waals surface area contributed by atoms with Gasteiger partial charge in [0.15, 0.2) is 6.17 Å². The number of primary amides is 1. The van der Waals surface area contributed by atoms with Crippen LogP contribution in [0.2, 0.25) is 0 Å². The number of nitrogens with zero attached hydrogens (tertiary/aromatic N) is 1. The van der Waals surface area contributed by atoms with Gasteiger partial charge in [0, 0.05) is 6.54 Å². The van der Waals surface area contributed by atoms with E-state index in [2.05, 4.69) is 10.3 Å². The van der Waals surface area contributed by atoms with Gasteiger partial charge < -0.3 is 11.1 Å². The van der Waals surface area contributed by atoms with Crippen molar-refractivity contribution in [1.82, 2.24) is 4.98 Å². The Balaban J connectivity index is 2.53. The van der Waals surface area contributed by atoms with Crippen LogP contribution in [0, 0.1) is 5.95 Å².